The van der Waals surface area contributed by atoms with Gasteiger partial charge < -0.3 is 4.90 Å². The van der Waals surface area contributed by atoms with E-state index in [4.69, 9.17) is 0 Å². The van der Waals surface area contributed by atoms with Crippen LogP contribution in [0.3, 0.4) is 0 Å². The first-order valence-corrected chi connectivity index (χ1v) is 11.5. The number of amides is 1. The molecular formula is C23H18F3N5OS. The van der Waals surface area contributed by atoms with Gasteiger partial charge >= 0.3 is 12.1 Å². The third-order valence-corrected chi connectivity index (χ3v) is 7.78. The van der Waals surface area contributed by atoms with Crippen molar-refractivity contribution in [1.82, 2.24) is 25.5 Å². The molecule has 2 bridgehead atoms. The molecule has 1 aromatic heterocycles. The van der Waals surface area contributed by atoms with Crippen molar-refractivity contribution in [2.24, 2.45) is 0 Å². The first-order chi connectivity index (χ1) is 15.9. The molecule has 10 heteroatoms. The number of hydrogen-bond donors (Lipinski definition) is 1. The Morgan fingerprint density at radius 3 is 2.45 bits per heavy atom. The molecule has 33 heavy (non-hydrogen) atoms. The van der Waals surface area contributed by atoms with Gasteiger partial charge in [-0.3, -0.25) is 4.79 Å². The zero-order valence-electron chi connectivity index (χ0n) is 17.3. The highest BCUT2D eigenvalue weighted by Crippen LogP contribution is 2.51. The van der Waals surface area contributed by atoms with E-state index in [0.717, 1.165) is 42.5 Å². The second-order valence-electron chi connectivity index (χ2n) is 8.53. The van der Waals surface area contributed by atoms with E-state index in [1.165, 1.54) is 0 Å². The van der Waals surface area contributed by atoms with E-state index in [1.807, 2.05) is 30.3 Å². The van der Waals surface area contributed by atoms with Crippen molar-refractivity contribution >= 4 is 23.2 Å². The summed E-state index contributed by atoms with van der Waals surface area (Å²) in [6, 6.07) is 13.3. The molecule has 1 N–H and O–H groups in total. The van der Waals surface area contributed by atoms with Gasteiger partial charge in [-0.25, -0.2) is 0 Å². The molecule has 0 unspecified atom stereocenters. The maximum atomic E-state index is 13.2. The summed E-state index contributed by atoms with van der Waals surface area (Å²) in [6.07, 6.45) is -2.72. The third kappa shape index (κ3) is 3.35. The van der Waals surface area contributed by atoms with Crippen LogP contribution >= 0.6 is 11.8 Å². The monoisotopic (exact) mass is 469 g/mol. The number of piperidine rings is 1. The van der Waals surface area contributed by atoms with Crippen LogP contribution in [0.5, 0.6) is 0 Å². The van der Waals surface area contributed by atoms with E-state index in [1.54, 1.807) is 11.8 Å². The fourth-order valence-corrected chi connectivity index (χ4v) is 6.47. The molecule has 0 saturated carbocycles. The minimum Gasteiger partial charge on any atom is -0.328 e. The van der Waals surface area contributed by atoms with Gasteiger partial charge in [0.15, 0.2) is 0 Å². The molecule has 3 aliphatic rings. The molecule has 4 heterocycles. The van der Waals surface area contributed by atoms with E-state index >= 15 is 0 Å². The lowest BCUT2D eigenvalue weighted by Crippen LogP contribution is -2.50. The number of benzene rings is 2. The van der Waals surface area contributed by atoms with Gasteiger partial charge in [0, 0.05) is 27.4 Å². The van der Waals surface area contributed by atoms with Crippen LogP contribution in [-0.2, 0) is 4.79 Å². The predicted octanol–water partition coefficient (Wildman–Crippen LogP) is 4.85. The number of aromatic amines is 1. The quantitative estimate of drug-likeness (QED) is 0.432. The number of tetrazole rings is 1. The van der Waals surface area contributed by atoms with Gasteiger partial charge in [0.25, 0.3) is 0 Å². The van der Waals surface area contributed by atoms with Crippen molar-refractivity contribution in [2.75, 3.05) is 0 Å². The van der Waals surface area contributed by atoms with Gasteiger partial charge in [-0.1, -0.05) is 47.7 Å². The standard InChI is InChI=1S/C23H18F3N5OS/c24-23(25,26)22(32)31-14-6-7-15(31)10-13(9-14)20-16-3-1-2-4-18(16)33-19-11-12(5-8-17(19)20)21-27-29-30-28-21/h1-5,8,11,14-15H,6-7,9-10H2,(H,27,28,29,30)/t14-,15+. The SMILES string of the molecule is O=C(N1[C@@H]2CC[C@H]1CC(=C1c3ccccc3Sc3cc(-c4nn[nH]n4)ccc31)C2)C(F)(F)F. The summed E-state index contributed by atoms with van der Waals surface area (Å²) in [5, 5.41) is 14.2. The Labute approximate surface area is 191 Å². The van der Waals surface area contributed by atoms with Crippen LogP contribution in [0.25, 0.3) is 17.0 Å². The molecule has 6 nitrogen and oxygen atoms in total. The van der Waals surface area contributed by atoms with E-state index < -0.39 is 24.2 Å². The Hall–Kier alpha value is -3.14. The van der Waals surface area contributed by atoms with Gasteiger partial charge in [0.05, 0.1) is 0 Å². The number of halogens is 3. The molecule has 2 saturated heterocycles. The lowest BCUT2D eigenvalue weighted by Gasteiger charge is -2.38. The molecule has 2 atom stereocenters. The molecule has 3 aromatic rings. The smallest absolute Gasteiger partial charge is 0.328 e. The summed E-state index contributed by atoms with van der Waals surface area (Å²) >= 11 is 1.65. The van der Waals surface area contributed by atoms with Crippen LogP contribution in [-0.4, -0.2) is 49.7 Å². The van der Waals surface area contributed by atoms with Crippen molar-refractivity contribution in [2.45, 2.75) is 53.7 Å². The lowest BCUT2D eigenvalue weighted by atomic mass is 9.85. The Balaban J connectivity index is 1.45. The Morgan fingerprint density at radius 1 is 1.03 bits per heavy atom. The number of carbonyl (C=O) groups is 1. The number of hydrogen-bond acceptors (Lipinski definition) is 5. The maximum absolute atomic E-state index is 13.2. The summed E-state index contributed by atoms with van der Waals surface area (Å²) in [5.41, 5.74) is 5.18. The zero-order chi connectivity index (χ0) is 22.7. The number of nitrogens with zero attached hydrogens (tertiary/aromatic N) is 4. The summed E-state index contributed by atoms with van der Waals surface area (Å²) in [6.45, 7) is 0. The molecular weight excluding hydrogens is 451 g/mol. The summed E-state index contributed by atoms with van der Waals surface area (Å²) in [7, 11) is 0. The predicted molar refractivity (Wildman–Crippen MR) is 115 cm³/mol. The van der Waals surface area contributed by atoms with Crippen LogP contribution in [0.15, 0.2) is 57.8 Å². The number of aromatic nitrogens is 4. The van der Waals surface area contributed by atoms with E-state index in [0.29, 0.717) is 31.5 Å². The average Bonchev–Trinajstić information content (AvgIpc) is 3.42. The number of carbonyl (C=O) groups excluding carboxylic acids is 1. The molecule has 168 valence electrons. The number of nitrogens with one attached hydrogen (secondary N) is 1. The fourth-order valence-electron chi connectivity index (χ4n) is 5.34. The van der Waals surface area contributed by atoms with Gasteiger partial charge in [0.2, 0.25) is 5.82 Å². The highest BCUT2D eigenvalue weighted by atomic mass is 32.2. The topological polar surface area (TPSA) is 74.8 Å². The Morgan fingerprint density at radius 2 is 1.76 bits per heavy atom. The first-order valence-electron chi connectivity index (χ1n) is 10.7. The van der Waals surface area contributed by atoms with Crippen molar-refractivity contribution in [3.8, 4) is 11.4 Å². The van der Waals surface area contributed by atoms with E-state index in [9.17, 15) is 18.0 Å². The highest BCUT2D eigenvalue weighted by molar-refractivity contribution is 7.99. The zero-order valence-corrected chi connectivity index (χ0v) is 18.1. The number of H-pyrrole nitrogens is 1. The summed E-state index contributed by atoms with van der Waals surface area (Å²) in [5.74, 6) is -1.20. The van der Waals surface area contributed by atoms with Crippen molar-refractivity contribution in [3.05, 3.63) is 59.2 Å². The molecule has 0 aliphatic carbocycles. The Kier molecular flexibility index (Phi) is 4.62. The third-order valence-electron chi connectivity index (χ3n) is 6.65. The number of alkyl halides is 3. The number of rotatable bonds is 1. The largest absolute Gasteiger partial charge is 0.471 e. The second kappa shape index (κ2) is 7.44. The van der Waals surface area contributed by atoms with Crippen LogP contribution in [0, 0.1) is 0 Å². The van der Waals surface area contributed by atoms with Gasteiger partial charge in [0.1, 0.15) is 0 Å². The van der Waals surface area contributed by atoms with Gasteiger partial charge in [-0.05, 0) is 59.7 Å². The Bertz CT molecular complexity index is 1270. The highest BCUT2D eigenvalue weighted by Gasteiger charge is 2.51. The van der Waals surface area contributed by atoms with Crippen molar-refractivity contribution < 1.29 is 18.0 Å². The van der Waals surface area contributed by atoms with Crippen LogP contribution in [0.2, 0.25) is 0 Å². The van der Waals surface area contributed by atoms with Crippen molar-refractivity contribution in [1.29, 1.82) is 0 Å². The van der Waals surface area contributed by atoms with E-state index in [2.05, 4.69) is 32.8 Å². The molecule has 6 rings (SSSR count). The second-order valence-corrected chi connectivity index (χ2v) is 9.61. The van der Waals surface area contributed by atoms with Gasteiger partial charge in [-0.2, -0.15) is 18.4 Å². The molecule has 1 amide bonds. The molecule has 2 aromatic carbocycles. The van der Waals surface area contributed by atoms with Crippen LogP contribution in [0.1, 0.15) is 36.8 Å². The van der Waals surface area contributed by atoms with Gasteiger partial charge in [-0.15, -0.1) is 10.2 Å². The number of fused-ring (bicyclic) bond motifs is 4. The summed E-state index contributed by atoms with van der Waals surface area (Å²) in [4.78, 5) is 15.3. The minimum atomic E-state index is -4.84. The minimum absolute atomic E-state index is 0.413. The molecule has 3 aliphatic heterocycles. The van der Waals surface area contributed by atoms with Crippen LogP contribution < -0.4 is 0 Å². The molecule has 0 spiro atoms. The first kappa shape index (κ1) is 20.5. The van der Waals surface area contributed by atoms with Crippen molar-refractivity contribution in [3.63, 3.8) is 0 Å². The molecule has 2 fully saturated rings. The van der Waals surface area contributed by atoms with Crippen LogP contribution in [0.4, 0.5) is 13.2 Å². The maximum Gasteiger partial charge on any atom is 0.471 e. The lowest BCUT2D eigenvalue weighted by molar-refractivity contribution is -0.189. The fraction of sp³-hybridized carbons (Fsp3) is 0.304. The molecule has 0 radical (unpaired) electrons. The van der Waals surface area contributed by atoms with E-state index in [-0.39, 0.29) is 0 Å². The summed E-state index contributed by atoms with van der Waals surface area (Å²) < 4.78 is 39.6. The normalized spacial score (nSPS) is 23.9. The average molecular weight is 469 g/mol.